The molecule has 2 aromatic rings. The van der Waals surface area contributed by atoms with Crippen molar-refractivity contribution in [2.75, 3.05) is 5.32 Å². The molecule has 2 rings (SSSR count). The minimum atomic E-state index is -0.655. The first kappa shape index (κ1) is 13.6. The number of aromatic hydroxyl groups is 1. The molecular weight excluding hydrogens is 260 g/mol. The van der Waals surface area contributed by atoms with Crippen molar-refractivity contribution >= 4 is 17.6 Å². The van der Waals surface area contributed by atoms with Crippen LogP contribution in [-0.2, 0) is 18.3 Å². The van der Waals surface area contributed by atoms with Crippen LogP contribution in [-0.4, -0.2) is 26.7 Å². The maximum absolute atomic E-state index is 11.9. The van der Waals surface area contributed by atoms with Crippen LogP contribution >= 0.6 is 0 Å². The molecule has 1 aromatic carbocycles. The maximum Gasteiger partial charge on any atom is 0.254 e. The largest absolute Gasteiger partial charge is 0.508 e. The molecule has 2 amide bonds. The first-order valence-electron chi connectivity index (χ1n) is 5.87. The molecule has 0 atom stereocenters. The lowest BCUT2D eigenvalue weighted by Crippen LogP contribution is -2.20. The second kappa shape index (κ2) is 5.43. The van der Waals surface area contributed by atoms with Gasteiger partial charge >= 0.3 is 0 Å². The molecule has 20 heavy (non-hydrogen) atoms. The Hall–Kier alpha value is -2.83. The number of primary amides is 1. The van der Waals surface area contributed by atoms with Crippen molar-refractivity contribution in [3.05, 3.63) is 41.6 Å². The van der Waals surface area contributed by atoms with E-state index >= 15 is 0 Å². The third kappa shape index (κ3) is 2.94. The number of hydrogen-bond acceptors (Lipinski definition) is 4. The molecule has 0 aliphatic heterocycles. The molecule has 4 N–H and O–H groups in total. The van der Waals surface area contributed by atoms with Crippen LogP contribution in [0.2, 0.25) is 0 Å². The lowest BCUT2D eigenvalue weighted by molar-refractivity contribution is -0.115. The first-order chi connectivity index (χ1) is 9.47. The van der Waals surface area contributed by atoms with E-state index in [0.717, 1.165) is 5.56 Å². The molecule has 7 heteroatoms. The normalized spacial score (nSPS) is 10.2. The molecule has 0 radical (unpaired) electrons. The number of rotatable bonds is 4. The summed E-state index contributed by atoms with van der Waals surface area (Å²) < 4.78 is 1.37. The summed E-state index contributed by atoms with van der Waals surface area (Å²) in [4.78, 5) is 23.1. The van der Waals surface area contributed by atoms with E-state index < -0.39 is 5.91 Å². The van der Waals surface area contributed by atoms with E-state index in [1.165, 1.54) is 23.0 Å². The molecule has 0 unspecified atom stereocenters. The number of phenolic OH excluding ortho intramolecular Hbond substituents is 1. The summed E-state index contributed by atoms with van der Waals surface area (Å²) in [5, 5.41) is 15.6. The van der Waals surface area contributed by atoms with Crippen LogP contribution in [0.5, 0.6) is 5.75 Å². The number of nitrogens with two attached hydrogens (primary N) is 1. The van der Waals surface area contributed by atoms with E-state index in [1.807, 2.05) is 0 Å². The molecule has 104 valence electrons. The van der Waals surface area contributed by atoms with Gasteiger partial charge in [-0.1, -0.05) is 12.1 Å². The summed E-state index contributed by atoms with van der Waals surface area (Å²) in [6.07, 6.45) is 1.42. The Bertz CT molecular complexity index is 646. The molecule has 7 nitrogen and oxygen atoms in total. The molecular formula is C13H14N4O3. The summed E-state index contributed by atoms with van der Waals surface area (Å²) in [6, 6.07) is 6.29. The van der Waals surface area contributed by atoms with Crippen molar-refractivity contribution in [2.45, 2.75) is 6.42 Å². The van der Waals surface area contributed by atoms with Gasteiger partial charge in [0.25, 0.3) is 5.91 Å². The molecule has 0 aliphatic carbocycles. The number of benzene rings is 1. The third-order valence-electron chi connectivity index (χ3n) is 2.76. The standard InChI is InChI=1S/C13H14N4O3/c1-17-13(10(7-15-17)12(14)20)16-11(19)6-8-2-4-9(18)5-3-8/h2-5,7,18H,6H2,1H3,(H2,14,20)(H,16,19). The van der Waals surface area contributed by atoms with Crippen LogP contribution in [0.15, 0.2) is 30.5 Å². The number of hydrogen-bond donors (Lipinski definition) is 3. The second-order valence-electron chi connectivity index (χ2n) is 4.29. The number of carbonyl (C=O) groups excluding carboxylic acids is 2. The molecule has 0 saturated carbocycles. The molecule has 1 heterocycles. The van der Waals surface area contributed by atoms with Gasteiger partial charge in [-0.15, -0.1) is 0 Å². The highest BCUT2D eigenvalue weighted by Gasteiger charge is 2.15. The monoisotopic (exact) mass is 274 g/mol. The average Bonchev–Trinajstić information content (AvgIpc) is 2.74. The zero-order valence-corrected chi connectivity index (χ0v) is 10.8. The fourth-order valence-electron chi connectivity index (χ4n) is 1.74. The Balaban J connectivity index is 2.10. The van der Waals surface area contributed by atoms with Gasteiger partial charge in [-0.2, -0.15) is 5.10 Å². The van der Waals surface area contributed by atoms with Crippen LogP contribution < -0.4 is 11.1 Å². The molecule has 0 spiro atoms. The Labute approximate surface area is 115 Å². The highest BCUT2D eigenvalue weighted by Crippen LogP contribution is 2.15. The summed E-state index contributed by atoms with van der Waals surface area (Å²) in [6.45, 7) is 0. The number of anilines is 1. The highest BCUT2D eigenvalue weighted by atomic mass is 16.3. The summed E-state index contributed by atoms with van der Waals surface area (Å²) in [5.74, 6) is -0.557. The van der Waals surface area contributed by atoms with Gasteiger partial charge < -0.3 is 16.2 Å². The predicted octanol–water partition coefficient (Wildman–Crippen LogP) is 0.406. The van der Waals surface area contributed by atoms with E-state index in [4.69, 9.17) is 10.8 Å². The van der Waals surface area contributed by atoms with Gasteiger partial charge in [0, 0.05) is 7.05 Å². The van der Waals surface area contributed by atoms with Crippen molar-refractivity contribution in [2.24, 2.45) is 12.8 Å². The Morgan fingerprint density at radius 3 is 2.60 bits per heavy atom. The minimum absolute atomic E-state index is 0.115. The fraction of sp³-hybridized carbons (Fsp3) is 0.154. The summed E-state index contributed by atoms with van der Waals surface area (Å²) in [5.41, 5.74) is 6.10. The number of aromatic nitrogens is 2. The SMILES string of the molecule is Cn1ncc(C(N)=O)c1NC(=O)Cc1ccc(O)cc1. The minimum Gasteiger partial charge on any atom is -0.508 e. The number of aryl methyl sites for hydroxylation is 1. The Morgan fingerprint density at radius 2 is 2.00 bits per heavy atom. The van der Waals surface area contributed by atoms with Gasteiger partial charge in [0.2, 0.25) is 5.91 Å². The van der Waals surface area contributed by atoms with Crippen LogP contribution in [0.1, 0.15) is 15.9 Å². The number of amides is 2. The number of phenols is 1. The van der Waals surface area contributed by atoms with Crippen molar-refractivity contribution in [3.63, 3.8) is 0 Å². The number of carbonyl (C=O) groups is 2. The van der Waals surface area contributed by atoms with E-state index in [1.54, 1.807) is 19.2 Å². The topological polar surface area (TPSA) is 110 Å². The zero-order chi connectivity index (χ0) is 14.7. The fourth-order valence-corrected chi connectivity index (χ4v) is 1.74. The van der Waals surface area contributed by atoms with Gasteiger partial charge in [0.15, 0.2) is 0 Å². The maximum atomic E-state index is 11.9. The Morgan fingerprint density at radius 1 is 1.35 bits per heavy atom. The molecule has 1 aromatic heterocycles. The number of nitrogens with zero attached hydrogens (tertiary/aromatic N) is 2. The third-order valence-corrected chi connectivity index (χ3v) is 2.76. The van der Waals surface area contributed by atoms with E-state index in [2.05, 4.69) is 10.4 Å². The van der Waals surface area contributed by atoms with Crippen LogP contribution in [0.3, 0.4) is 0 Å². The number of nitrogens with one attached hydrogen (secondary N) is 1. The van der Waals surface area contributed by atoms with Gasteiger partial charge in [0.05, 0.1) is 12.6 Å². The van der Waals surface area contributed by atoms with Crippen LogP contribution in [0, 0.1) is 0 Å². The zero-order valence-electron chi connectivity index (χ0n) is 10.8. The van der Waals surface area contributed by atoms with E-state index in [9.17, 15) is 9.59 Å². The average molecular weight is 274 g/mol. The van der Waals surface area contributed by atoms with Gasteiger partial charge in [-0.3, -0.25) is 14.3 Å². The predicted molar refractivity (Wildman–Crippen MR) is 72.2 cm³/mol. The van der Waals surface area contributed by atoms with Crippen LogP contribution in [0.4, 0.5) is 5.82 Å². The summed E-state index contributed by atoms with van der Waals surface area (Å²) in [7, 11) is 1.60. The van der Waals surface area contributed by atoms with Crippen LogP contribution in [0.25, 0.3) is 0 Å². The van der Waals surface area contributed by atoms with Gasteiger partial charge in [-0.25, -0.2) is 0 Å². The van der Waals surface area contributed by atoms with Crippen molar-refractivity contribution in [1.29, 1.82) is 0 Å². The van der Waals surface area contributed by atoms with Gasteiger partial charge in [0.1, 0.15) is 17.1 Å². The lowest BCUT2D eigenvalue weighted by atomic mass is 10.1. The smallest absolute Gasteiger partial charge is 0.254 e. The summed E-state index contributed by atoms with van der Waals surface area (Å²) >= 11 is 0. The highest BCUT2D eigenvalue weighted by molar-refractivity contribution is 6.02. The van der Waals surface area contributed by atoms with Crippen molar-refractivity contribution in [1.82, 2.24) is 9.78 Å². The lowest BCUT2D eigenvalue weighted by Gasteiger charge is -2.07. The van der Waals surface area contributed by atoms with Gasteiger partial charge in [-0.05, 0) is 17.7 Å². The van der Waals surface area contributed by atoms with E-state index in [0.29, 0.717) is 0 Å². The van der Waals surface area contributed by atoms with E-state index in [-0.39, 0.29) is 29.5 Å². The molecule has 0 bridgehead atoms. The quantitative estimate of drug-likeness (QED) is 0.749. The molecule has 0 aliphatic rings. The van der Waals surface area contributed by atoms with Crippen molar-refractivity contribution < 1.29 is 14.7 Å². The molecule has 0 fully saturated rings. The second-order valence-corrected chi connectivity index (χ2v) is 4.29. The first-order valence-corrected chi connectivity index (χ1v) is 5.87. The Kier molecular flexibility index (Phi) is 3.69. The molecule has 0 saturated heterocycles. The van der Waals surface area contributed by atoms with Crippen molar-refractivity contribution in [3.8, 4) is 5.75 Å².